The first kappa shape index (κ1) is 21.0. The third-order valence-electron chi connectivity index (χ3n) is 4.21. The van der Waals surface area contributed by atoms with Crippen molar-refractivity contribution in [2.45, 2.75) is 25.9 Å². The summed E-state index contributed by atoms with van der Waals surface area (Å²) < 4.78 is 5.35. The zero-order valence-electron chi connectivity index (χ0n) is 15.8. The second-order valence-corrected chi connectivity index (χ2v) is 7.32. The van der Waals surface area contributed by atoms with E-state index in [2.05, 4.69) is 20.5 Å². The van der Waals surface area contributed by atoms with Crippen LogP contribution >= 0.6 is 11.6 Å². The molecule has 1 aromatic carbocycles. The van der Waals surface area contributed by atoms with Crippen LogP contribution in [0.4, 0.5) is 0 Å². The summed E-state index contributed by atoms with van der Waals surface area (Å²) in [6.45, 7) is 9.54. The minimum Gasteiger partial charge on any atom is -0.387 e. The lowest BCUT2D eigenvalue weighted by molar-refractivity contribution is -0.0179. The van der Waals surface area contributed by atoms with Gasteiger partial charge in [-0.2, -0.15) is 0 Å². The quantitative estimate of drug-likeness (QED) is 0.470. The Morgan fingerprint density at radius 3 is 2.62 bits per heavy atom. The number of nitrogens with one attached hydrogen (secondary N) is 2. The molecule has 0 amide bonds. The number of halogens is 1. The van der Waals surface area contributed by atoms with Crippen LogP contribution in [0.1, 0.15) is 19.4 Å². The number of hydrogen-bond acceptors (Lipinski definition) is 4. The van der Waals surface area contributed by atoms with E-state index >= 15 is 0 Å². The normalized spacial score (nSPS) is 18.4. The molecule has 1 unspecified atom stereocenters. The lowest BCUT2D eigenvalue weighted by Gasteiger charge is -2.33. The molecule has 0 spiro atoms. The summed E-state index contributed by atoms with van der Waals surface area (Å²) in [4.78, 5) is 6.78. The molecule has 0 radical (unpaired) electrons. The summed E-state index contributed by atoms with van der Waals surface area (Å²) >= 11 is 5.91. The molecule has 1 aliphatic heterocycles. The highest BCUT2D eigenvalue weighted by atomic mass is 35.5. The standard InChI is InChI=1S/C19H31ClN4O2/c1-3-21-18(22-9-8-16-4-6-17(20)7-5-16)23-14-19(2,25)15-24-10-12-26-13-11-24/h4-7,25H,3,8-15H2,1-2H3,(H2,21,22,23). The summed E-state index contributed by atoms with van der Waals surface area (Å²) in [7, 11) is 0. The monoisotopic (exact) mass is 382 g/mol. The summed E-state index contributed by atoms with van der Waals surface area (Å²) in [6.07, 6.45) is 0.881. The maximum absolute atomic E-state index is 10.7. The van der Waals surface area contributed by atoms with Crippen molar-refractivity contribution in [1.82, 2.24) is 15.5 Å². The van der Waals surface area contributed by atoms with Crippen molar-refractivity contribution in [3.05, 3.63) is 34.9 Å². The minimum absolute atomic E-state index is 0.348. The molecule has 0 aliphatic carbocycles. The number of aliphatic hydroxyl groups is 1. The average Bonchev–Trinajstić information content (AvgIpc) is 2.62. The summed E-state index contributed by atoms with van der Waals surface area (Å²) in [5.74, 6) is 0.726. The maximum Gasteiger partial charge on any atom is 0.191 e. The highest BCUT2D eigenvalue weighted by Crippen LogP contribution is 2.10. The Labute approximate surface area is 161 Å². The fourth-order valence-corrected chi connectivity index (χ4v) is 2.98. The van der Waals surface area contributed by atoms with E-state index in [1.165, 1.54) is 5.56 Å². The van der Waals surface area contributed by atoms with Gasteiger partial charge in [-0.3, -0.25) is 9.89 Å². The SMILES string of the molecule is CCNC(=NCC(C)(O)CN1CCOCC1)NCCc1ccc(Cl)cc1. The van der Waals surface area contributed by atoms with E-state index in [0.29, 0.717) is 13.1 Å². The molecule has 0 saturated carbocycles. The van der Waals surface area contributed by atoms with E-state index in [1.54, 1.807) is 0 Å². The first-order chi connectivity index (χ1) is 12.5. The van der Waals surface area contributed by atoms with Gasteiger partial charge in [-0.25, -0.2) is 0 Å². The Kier molecular flexibility index (Phi) is 8.65. The molecule has 1 aliphatic rings. The first-order valence-corrected chi connectivity index (χ1v) is 9.65. The smallest absolute Gasteiger partial charge is 0.191 e. The lowest BCUT2D eigenvalue weighted by Crippen LogP contribution is -2.48. The zero-order valence-corrected chi connectivity index (χ0v) is 16.6. The molecular weight excluding hydrogens is 352 g/mol. The van der Waals surface area contributed by atoms with E-state index in [0.717, 1.165) is 56.8 Å². The van der Waals surface area contributed by atoms with E-state index in [9.17, 15) is 5.11 Å². The van der Waals surface area contributed by atoms with Gasteiger partial charge in [0.1, 0.15) is 0 Å². The van der Waals surface area contributed by atoms with Crippen LogP contribution in [0.25, 0.3) is 0 Å². The van der Waals surface area contributed by atoms with Gasteiger partial charge in [-0.1, -0.05) is 23.7 Å². The van der Waals surface area contributed by atoms with Gasteiger partial charge in [-0.05, 0) is 38.0 Å². The van der Waals surface area contributed by atoms with Crippen LogP contribution in [-0.4, -0.2) is 74.0 Å². The van der Waals surface area contributed by atoms with Crippen molar-refractivity contribution < 1.29 is 9.84 Å². The summed E-state index contributed by atoms with van der Waals surface area (Å²) in [5, 5.41) is 18.0. The van der Waals surface area contributed by atoms with Crippen molar-refractivity contribution in [2.24, 2.45) is 4.99 Å². The van der Waals surface area contributed by atoms with E-state index < -0.39 is 5.60 Å². The van der Waals surface area contributed by atoms with Gasteiger partial charge in [0.15, 0.2) is 5.96 Å². The number of aliphatic imine (C=N–C) groups is 1. The molecule has 3 N–H and O–H groups in total. The molecule has 1 aromatic rings. The van der Waals surface area contributed by atoms with Gasteiger partial charge in [0.25, 0.3) is 0 Å². The van der Waals surface area contributed by atoms with E-state index in [4.69, 9.17) is 16.3 Å². The Balaban J connectivity index is 1.81. The Morgan fingerprint density at radius 1 is 1.27 bits per heavy atom. The van der Waals surface area contributed by atoms with Crippen molar-refractivity contribution in [3.63, 3.8) is 0 Å². The third kappa shape index (κ3) is 7.91. The molecule has 1 atom stereocenters. The topological polar surface area (TPSA) is 69.1 Å². The van der Waals surface area contributed by atoms with Crippen LogP contribution in [-0.2, 0) is 11.2 Å². The predicted molar refractivity (Wildman–Crippen MR) is 107 cm³/mol. The third-order valence-corrected chi connectivity index (χ3v) is 4.46. The van der Waals surface area contributed by atoms with E-state index in [-0.39, 0.29) is 0 Å². The largest absolute Gasteiger partial charge is 0.387 e. The first-order valence-electron chi connectivity index (χ1n) is 9.27. The number of rotatable bonds is 8. The highest BCUT2D eigenvalue weighted by Gasteiger charge is 2.25. The van der Waals surface area contributed by atoms with Crippen LogP contribution in [0.2, 0.25) is 5.02 Å². The molecule has 6 nitrogen and oxygen atoms in total. The molecule has 1 fully saturated rings. The molecular formula is C19H31ClN4O2. The van der Waals surface area contributed by atoms with Gasteiger partial charge in [0, 0.05) is 37.7 Å². The molecule has 146 valence electrons. The predicted octanol–water partition coefficient (Wildman–Crippen LogP) is 1.52. The van der Waals surface area contributed by atoms with Gasteiger partial charge >= 0.3 is 0 Å². The maximum atomic E-state index is 10.7. The van der Waals surface area contributed by atoms with Crippen LogP contribution in [0.5, 0.6) is 0 Å². The number of morpholine rings is 1. The number of benzene rings is 1. The Morgan fingerprint density at radius 2 is 1.96 bits per heavy atom. The minimum atomic E-state index is -0.865. The highest BCUT2D eigenvalue weighted by molar-refractivity contribution is 6.30. The molecule has 26 heavy (non-hydrogen) atoms. The molecule has 1 heterocycles. The molecule has 2 rings (SSSR count). The second-order valence-electron chi connectivity index (χ2n) is 6.88. The van der Waals surface area contributed by atoms with Gasteiger partial charge in [0.05, 0.1) is 25.4 Å². The van der Waals surface area contributed by atoms with E-state index in [1.807, 2.05) is 38.1 Å². The molecule has 0 aromatic heterocycles. The number of guanidine groups is 1. The number of hydrogen-bond donors (Lipinski definition) is 3. The van der Waals surface area contributed by atoms with Crippen molar-refractivity contribution in [1.29, 1.82) is 0 Å². The molecule has 0 bridgehead atoms. The van der Waals surface area contributed by atoms with Crippen LogP contribution in [0.3, 0.4) is 0 Å². The number of β-amino-alcohol motifs (C(OH)–C–C–N with tert-alkyl or cyclic N) is 1. The van der Waals surface area contributed by atoms with Crippen molar-refractivity contribution in [3.8, 4) is 0 Å². The number of nitrogens with zero attached hydrogens (tertiary/aromatic N) is 2. The number of ether oxygens (including phenoxy) is 1. The van der Waals surface area contributed by atoms with Gasteiger partial charge < -0.3 is 20.5 Å². The second kappa shape index (κ2) is 10.7. The molecule has 1 saturated heterocycles. The average molecular weight is 383 g/mol. The van der Waals surface area contributed by atoms with Crippen molar-refractivity contribution in [2.75, 3.05) is 52.5 Å². The van der Waals surface area contributed by atoms with Crippen molar-refractivity contribution >= 4 is 17.6 Å². The van der Waals surface area contributed by atoms with Crippen LogP contribution < -0.4 is 10.6 Å². The fraction of sp³-hybridized carbons (Fsp3) is 0.632. The Hall–Kier alpha value is -1.34. The molecule has 7 heteroatoms. The van der Waals surface area contributed by atoms with Crippen LogP contribution in [0.15, 0.2) is 29.3 Å². The Bertz CT molecular complexity index is 557. The van der Waals surface area contributed by atoms with Crippen LogP contribution in [0, 0.1) is 0 Å². The zero-order chi connectivity index (χ0) is 18.8. The lowest BCUT2D eigenvalue weighted by atomic mass is 10.1. The van der Waals surface area contributed by atoms with Gasteiger partial charge in [0.2, 0.25) is 0 Å². The summed E-state index contributed by atoms with van der Waals surface area (Å²) in [6, 6.07) is 7.86. The van der Waals surface area contributed by atoms with Gasteiger partial charge in [-0.15, -0.1) is 0 Å². The fourth-order valence-electron chi connectivity index (χ4n) is 2.86. The summed E-state index contributed by atoms with van der Waals surface area (Å²) in [5.41, 5.74) is 0.354.